The second-order valence-corrected chi connectivity index (χ2v) is 21.9. The van der Waals surface area contributed by atoms with Gasteiger partial charge < -0.3 is 29.7 Å². The van der Waals surface area contributed by atoms with Gasteiger partial charge in [-0.25, -0.2) is 19.1 Å². The molecule has 0 bridgehead atoms. The normalized spacial score (nSPS) is 16.0. The number of carbonyl (C=O) groups is 4. The van der Waals surface area contributed by atoms with Crippen LogP contribution in [0, 0.1) is 13.8 Å². The summed E-state index contributed by atoms with van der Waals surface area (Å²) in [4.78, 5) is 73.9. The first kappa shape index (κ1) is 52.3. The number of thioether (sulfide) groups is 2. The number of anilines is 1. The van der Waals surface area contributed by atoms with Crippen LogP contribution in [-0.2, 0) is 52.7 Å². The van der Waals surface area contributed by atoms with E-state index in [9.17, 15) is 19.2 Å². The molecule has 73 heavy (non-hydrogen) atoms. The summed E-state index contributed by atoms with van der Waals surface area (Å²) < 4.78 is 18.8. The van der Waals surface area contributed by atoms with Gasteiger partial charge in [-0.05, 0) is 98.2 Å². The first-order chi connectivity index (χ1) is 34.9. The summed E-state index contributed by atoms with van der Waals surface area (Å²) in [6.45, 7) is 12.1. The maximum absolute atomic E-state index is 14.8. The van der Waals surface area contributed by atoms with E-state index in [-0.39, 0.29) is 23.7 Å². The summed E-state index contributed by atoms with van der Waals surface area (Å²) >= 11 is 4.11. The first-order valence-corrected chi connectivity index (χ1v) is 26.4. The predicted octanol–water partition coefficient (Wildman–Crippen LogP) is 8.42. The Hall–Kier alpha value is -7.02. The minimum atomic E-state index is -1.65. The molecule has 4 aromatic carbocycles. The van der Waals surface area contributed by atoms with Crippen molar-refractivity contribution in [2.45, 2.75) is 88.4 Å². The highest BCUT2D eigenvalue weighted by atomic mass is 32.2. The van der Waals surface area contributed by atoms with Crippen molar-refractivity contribution >= 4 is 69.5 Å². The maximum atomic E-state index is 14.8. The molecule has 8 rings (SSSR count). The Balaban J connectivity index is 1.11. The molecule has 15 nitrogen and oxygen atoms in total. The smallest absolute Gasteiger partial charge is 0.359 e. The van der Waals surface area contributed by atoms with E-state index in [1.54, 1.807) is 57.5 Å². The van der Waals surface area contributed by atoms with E-state index in [0.29, 0.717) is 28.0 Å². The average Bonchev–Trinajstić information content (AvgIpc) is 3.84. The number of rotatable bonds is 18. The fourth-order valence-corrected chi connectivity index (χ4v) is 11.5. The number of benzene rings is 4. The number of thiazole rings is 1. The summed E-state index contributed by atoms with van der Waals surface area (Å²) in [6.07, 6.45) is 0. The van der Waals surface area contributed by atoms with Crippen LogP contribution in [0.3, 0.4) is 0 Å². The number of oxime groups is 1. The van der Waals surface area contributed by atoms with Crippen LogP contribution >= 0.6 is 34.9 Å². The highest BCUT2D eigenvalue weighted by Crippen LogP contribution is 2.43. The van der Waals surface area contributed by atoms with Crippen molar-refractivity contribution in [1.29, 1.82) is 0 Å². The number of aromatic nitrogens is 3. The summed E-state index contributed by atoms with van der Waals surface area (Å²) in [5, 5.41) is 13.1. The van der Waals surface area contributed by atoms with Gasteiger partial charge in [0.25, 0.3) is 11.8 Å². The number of esters is 2. The SMILES string of the molecule is COc1ccc(COC(=O)C2=C(CSc3nc(C)cc(C)[n+]3C)CSC3C(NC(=O)/C(=N\OC(C)(C)C(=O)OC(C)(C)C)c4csc(NC(c5ccccc5)(c5ccccc5)c5ccccc5)n4)C(=O)N23)cc1. The molecule has 2 unspecified atom stereocenters. The zero-order valence-corrected chi connectivity index (χ0v) is 44.6. The Morgan fingerprint density at radius 2 is 1.47 bits per heavy atom. The number of ether oxygens (including phenoxy) is 3. The highest BCUT2D eigenvalue weighted by molar-refractivity contribution is 8.01. The number of β-lactam (4-membered cyclic amide) rings is 1. The Morgan fingerprint density at radius 1 is 0.863 bits per heavy atom. The molecule has 2 aliphatic heterocycles. The van der Waals surface area contributed by atoms with Crippen molar-refractivity contribution in [1.82, 2.24) is 20.2 Å². The van der Waals surface area contributed by atoms with Crippen LogP contribution < -0.4 is 19.9 Å². The predicted molar refractivity (Wildman–Crippen MR) is 283 cm³/mol. The van der Waals surface area contributed by atoms with Gasteiger partial charge in [-0.1, -0.05) is 108 Å². The van der Waals surface area contributed by atoms with Crippen LogP contribution in [0.2, 0.25) is 0 Å². The Labute approximate surface area is 437 Å². The molecule has 2 atom stereocenters. The average molecular weight is 1040 g/mol. The van der Waals surface area contributed by atoms with Gasteiger partial charge in [0, 0.05) is 29.9 Å². The van der Waals surface area contributed by atoms with Crippen LogP contribution in [0.25, 0.3) is 0 Å². The molecule has 0 aliphatic carbocycles. The van der Waals surface area contributed by atoms with Crippen LogP contribution in [0.4, 0.5) is 5.13 Å². The van der Waals surface area contributed by atoms with Crippen molar-refractivity contribution in [3.63, 3.8) is 0 Å². The molecular formula is C55H58N7O8S3+. The van der Waals surface area contributed by atoms with Crippen molar-refractivity contribution in [2.75, 3.05) is 23.9 Å². The molecule has 18 heteroatoms. The number of hydrogen-bond donors (Lipinski definition) is 2. The van der Waals surface area contributed by atoms with Crippen LogP contribution in [0.1, 0.15) is 74.0 Å². The van der Waals surface area contributed by atoms with Crippen LogP contribution in [0.15, 0.2) is 148 Å². The third-order valence-corrected chi connectivity index (χ3v) is 15.3. The third-order valence-electron chi connectivity index (χ3n) is 12.1. The zero-order chi connectivity index (χ0) is 52.1. The lowest BCUT2D eigenvalue weighted by molar-refractivity contribution is -0.719. The van der Waals surface area contributed by atoms with E-state index in [1.165, 1.54) is 53.6 Å². The highest BCUT2D eigenvalue weighted by Gasteiger charge is 2.55. The lowest BCUT2D eigenvalue weighted by Crippen LogP contribution is -2.71. The Morgan fingerprint density at radius 3 is 2.04 bits per heavy atom. The van der Waals surface area contributed by atoms with Gasteiger partial charge in [-0.3, -0.25) is 14.5 Å². The van der Waals surface area contributed by atoms with Gasteiger partial charge in [-0.15, -0.1) is 23.1 Å². The number of fused-ring (bicyclic) bond motifs is 1. The van der Waals surface area contributed by atoms with Crippen molar-refractivity contribution < 1.29 is 42.8 Å². The Kier molecular flexibility index (Phi) is 15.8. The number of nitrogens with one attached hydrogen (secondary N) is 2. The number of carbonyl (C=O) groups excluding carboxylic acids is 4. The molecular weight excluding hydrogens is 983 g/mol. The molecule has 2 aromatic heterocycles. The van der Waals surface area contributed by atoms with Crippen LogP contribution in [-0.4, -0.2) is 85.6 Å². The molecule has 2 N–H and O–H groups in total. The molecule has 4 heterocycles. The number of nitrogens with zero attached hydrogens (tertiary/aromatic N) is 5. The van der Waals surface area contributed by atoms with Crippen molar-refractivity contribution in [2.24, 2.45) is 12.2 Å². The van der Waals surface area contributed by atoms with Gasteiger partial charge in [0.2, 0.25) is 5.60 Å². The van der Waals surface area contributed by atoms with E-state index >= 15 is 0 Å². The standard InChI is InChI=1S/C55H57N7O8S3/c1-34-29-35(2)61(8)52(56-34)73-32-37-31-71-48-44(47(64)62(48)45(37)49(65)68-30-36-25-27-41(67-9)28-26-36)58-46(63)43(60-70-54(6,7)50(66)69-53(3,4)5)42-33-72-51(57-42)59-55(38-19-13-10-14-20-38,39-21-15-11-16-22-39)40-23-17-12-18-24-40/h10-29,33,44,48H,30-32H2,1-9H3,(H-,57,58,59,63)/p+1/b60-43-. The van der Waals surface area contributed by atoms with E-state index in [4.69, 9.17) is 29.0 Å². The Bertz CT molecular complexity index is 2950. The monoisotopic (exact) mass is 1040 g/mol. The van der Waals surface area contributed by atoms with E-state index in [0.717, 1.165) is 38.8 Å². The lowest BCUT2D eigenvalue weighted by Gasteiger charge is -2.49. The number of amides is 2. The zero-order valence-electron chi connectivity index (χ0n) is 42.1. The van der Waals surface area contributed by atoms with Gasteiger partial charge in [-0.2, -0.15) is 0 Å². The molecule has 1 saturated heterocycles. The fourth-order valence-electron chi connectivity index (χ4n) is 8.20. The maximum Gasteiger partial charge on any atom is 0.359 e. The van der Waals surface area contributed by atoms with E-state index in [1.807, 2.05) is 123 Å². The van der Waals surface area contributed by atoms with Crippen LogP contribution in [0.5, 0.6) is 5.75 Å². The van der Waals surface area contributed by atoms with E-state index in [2.05, 4.69) is 15.8 Å². The summed E-state index contributed by atoms with van der Waals surface area (Å²) in [6, 6.07) is 38.1. The second kappa shape index (κ2) is 22.0. The molecule has 378 valence electrons. The topological polar surface area (TPSA) is 175 Å². The molecule has 0 radical (unpaired) electrons. The molecule has 2 amide bonds. The summed E-state index contributed by atoms with van der Waals surface area (Å²) in [5.41, 5.74) is 2.61. The van der Waals surface area contributed by atoms with E-state index < -0.39 is 51.9 Å². The lowest BCUT2D eigenvalue weighted by atomic mass is 9.77. The van der Waals surface area contributed by atoms with Crippen molar-refractivity contribution in [3.8, 4) is 5.75 Å². The third kappa shape index (κ3) is 11.6. The number of aryl methyl sites for hydroxylation is 2. The molecule has 2 aliphatic rings. The quantitative estimate of drug-likeness (QED) is 0.0123. The summed E-state index contributed by atoms with van der Waals surface area (Å²) in [7, 11) is 3.50. The molecule has 6 aromatic rings. The second-order valence-electron chi connectivity index (χ2n) is 19.0. The van der Waals surface area contributed by atoms with Gasteiger partial charge in [0.05, 0.1) is 14.2 Å². The van der Waals surface area contributed by atoms with Gasteiger partial charge >= 0.3 is 17.1 Å². The van der Waals surface area contributed by atoms with Crippen molar-refractivity contribution in [3.05, 3.63) is 177 Å². The largest absolute Gasteiger partial charge is 0.497 e. The molecule has 0 saturated carbocycles. The minimum Gasteiger partial charge on any atom is -0.497 e. The van der Waals surface area contributed by atoms with Gasteiger partial charge in [0.1, 0.15) is 52.0 Å². The molecule has 1 fully saturated rings. The summed E-state index contributed by atoms with van der Waals surface area (Å²) in [5.74, 6) is -1.33. The number of methoxy groups -OCH3 is 1. The van der Waals surface area contributed by atoms with Gasteiger partial charge in [0.15, 0.2) is 16.5 Å². The molecule has 0 spiro atoms. The minimum absolute atomic E-state index is 0.0481. The fraction of sp³-hybridized carbons (Fsp3) is 0.309. The first-order valence-electron chi connectivity index (χ1n) is 23.5. The number of hydrogen-bond acceptors (Lipinski definition) is 15.